The van der Waals surface area contributed by atoms with Gasteiger partial charge in [-0.25, -0.2) is 0 Å². The second-order valence-electron chi connectivity index (χ2n) is 4.95. The van der Waals surface area contributed by atoms with Crippen LogP contribution in [0, 0.1) is 6.92 Å². The Bertz CT molecular complexity index is 804. The SMILES string of the molecule is COc1ccc(Cl)cc1CSc1nnnn1-c1ccc(C)cc1. The highest BCUT2D eigenvalue weighted by Crippen LogP contribution is 2.29. The summed E-state index contributed by atoms with van der Waals surface area (Å²) < 4.78 is 7.09. The Hall–Kier alpha value is -2.05. The van der Waals surface area contributed by atoms with Crippen LogP contribution in [0.2, 0.25) is 5.02 Å². The Morgan fingerprint density at radius 2 is 1.96 bits per heavy atom. The quantitative estimate of drug-likeness (QED) is 0.655. The Balaban J connectivity index is 1.81. The number of hydrogen-bond acceptors (Lipinski definition) is 5. The zero-order valence-electron chi connectivity index (χ0n) is 12.7. The topological polar surface area (TPSA) is 52.8 Å². The third kappa shape index (κ3) is 3.65. The van der Waals surface area contributed by atoms with Crippen molar-refractivity contribution >= 4 is 23.4 Å². The minimum Gasteiger partial charge on any atom is -0.496 e. The third-order valence-corrected chi connectivity index (χ3v) is 4.52. The second kappa shape index (κ2) is 7.02. The summed E-state index contributed by atoms with van der Waals surface area (Å²) >= 11 is 7.60. The molecule has 0 fully saturated rings. The van der Waals surface area contributed by atoms with Gasteiger partial charge in [-0.3, -0.25) is 0 Å². The molecule has 0 saturated carbocycles. The molecular formula is C16H15ClN4OS. The zero-order chi connectivity index (χ0) is 16.2. The molecule has 0 aliphatic heterocycles. The van der Waals surface area contributed by atoms with Gasteiger partial charge in [0.05, 0.1) is 12.8 Å². The van der Waals surface area contributed by atoms with E-state index in [1.54, 1.807) is 11.8 Å². The Morgan fingerprint density at radius 1 is 1.17 bits per heavy atom. The molecule has 2 aromatic carbocycles. The van der Waals surface area contributed by atoms with Crippen LogP contribution in [-0.2, 0) is 5.75 Å². The lowest BCUT2D eigenvalue weighted by Gasteiger charge is -2.09. The summed E-state index contributed by atoms with van der Waals surface area (Å²) in [5.41, 5.74) is 3.13. The van der Waals surface area contributed by atoms with Crippen LogP contribution in [0.4, 0.5) is 0 Å². The monoisotopic (exact) mass is 346 g/mol. The summed E-state index contributed by atoms with van der Waals surface area (Å²) in [6, 6.07) is 13.6. The van der Waals surface area contributed by atoms with Crippen molar-refractivity contribution in [3.63, 3.8) is 0 Å². The van der Waals surface area contributed by atoms with Gasteiger partial charge in [-0.15, -0.1) is 5.10 Å². The first kappa shape index (κ1) is 15.8. The van der Waals surface area contributed by atoms with E-state index in [1.807, 2.05) is 49.4 Å². The van der Waals surface area contributed by atoms with Crippen molar-refractivity contribution in [2.75, 3.05) is 7.11 Å². The first-order chi connectivity index (χ1) is 11.2. The van der Waals surface area contributed by atoms with Gasteiger partial charge in [-0.1, -0.05) is 41.1 Å². The number of halogens is 1. The molecule has 0 bridgehead atoms. The maximum absolute atomic E-state index is 6.07. The molecule has 118 valence electrons. The minimum absolute atomic E-state index is 0.663. The Morgan fingerprint density at radius 3 is 2.70 bits per heavy atom. The molecule has 3 rings (SSSR count). The summed E-state index contributed by atoms with van der Waals surface area (Å²) in [7, 11) is 1.65. The standard InChI is InChI=1S/C16H15ClN4OS/c1-11-3-6-14(7-4-11)21-16(18-19-20-21)23-10-12-9-13(17)5-8-15(12)22-2/h3-9H,10H2,1-2H3. The highest BCUT2D eigenvalue weighted by Gasteiger charge is 2.11. The largest absolute Gasteiger partial charge is 0.496 e. The lowest BCUT2D eigenvalue weighted by molar-refractivity contribution is 0.411. The number of nitrogens with zero attached hydrogens (tertiary/aromatic N) is 4. The van der Waals surface area contributed by atoms with E-state index >= 15 is 0 Å². The molecule has 0 N–H and O–H groups in total. The van der Waals surface area contributed by atoms with Crippen LogP contribution in [0.25, 0.3) is 5.69 Å². The number of rotatable bonds is 5. The van der Waals surface area contributed by atoms with E-state index < -0.39 is 0 Å². The van der Waals surface area contributed by atoms with Gasteiger partial charge >= 0.3 is 0 Å². The van der Waals surface area contributed by atoms with Gasteiger partial charge in [-0.2, -0.15) is 4.68 Å². The highest BCUT2D eigenvalue weighted by molar-refractivity contribution is 7.98. The van der Waals surface area contributed by atoms with Crippen molar-refractivity contribution in [1.29, 1.82) is 0 Å². The predicted octanol–water partition coefficient (Wildman–Crippen LogP) is 3.93. The van der Waals surface area contributed by atoms with Crippen LogP contribution in [0.1, 0.15) is 11.1 Å². The van der Waals surface area contributed by atoms with Crippen molar-refractivity contribution in [3.05, 3.63) is 58.6 Å². The van der Waals surface area contributed by atoms with E-state index in [2.05, 4.69) is 15.5 Å². The molecule has 1 aromatic heterocycles. The Kier molecular flexibility index (Phi) is 4.83. The molecule has 0 amide bonds. The van der Waals surface area contributed by atoms with Crippen molar-refractivity contribution in [3.8, 4) is 11.4 Å². The average Bonchev–Trinajstić information content (AvgIpc) is 3.02. The van der Waals surface area contributed by atoms with E-state index in [4.69, 9.17) is 16.3 Å². The van der Waals surface area contributed by atoms with Gasteiger partial charge in [0.2, 0.25) is 5.16 Å². The fourth-order valence-electron chi connectivity index (χ4n) is 2.12. The van der Waals surface area contributed by atoms with Crippen LogP contribution in [0.3, 0.4) is 0 Å². The number of hydrogen-bond donors (Lipinski definition) is 0. The molecule has 1 heterocycles. The van der Waals surface area contributed by atoms with Gasteiger partial charge in [0, 0.05) is 16.3 Å². The molecule has 5 nitrogen and oxygen atoms in total. The molecule has 0 aliphatic carbocycles. The molecule has 23 heavy (non-hydrogen) atoms. The molecule has 0 aliphatic rings. The molecule has 0 atom stereocenters. The number of thioether (sulfide) groups is 1. The number of tetrazole rings is 1. The van der Waals surface area contributed by atoms with Crippen molar-refractivity contribution in [2.45, 2.75) is 17.8 Å². The summed E-state index contributed by atoms with van der Waals surface area (Å²) in [6.07, 6.45) is 0. The molecule has 0 saturated heterocycles. The van der Waals surface area contributed by atoms with Crippen LogP contribution >= 0.6 is 23.4 Å². The minimum atomic E-state index is 0.663. The van der Waals surface area contributed by atoms with E-state index in [0.29, 0.717) is 10.8 Å². The molecule has 0 unspecified atom stereocenters. The number of aryl methyl sites for hydroxylation is 1. The molecule has 3 aromatic rings. The smallest absolute Gasteiger partial charge is 0.214 e. The van der Waals surface area contributed by atoms with Crippen LogP contribution in [-0.4, -0.2) is 27.3 Å². The van der Waals surface area contributed by atoms with Crippen LogP contribution in [0.15, 0.2) is 47.6 Å². The van der Waals surface area contributed by atoms with Gasteiger partial charge in [0.1, 0.15) is 5.75 Å². The van der Waals surface area contributed by atoms with Gasteiger partial charge in [0.25, 0.3) is 0 Å². The summed E-state index contributed by atoms with van der Waals surface area (Å²) in [5, 5.41) is 13.3. The molecule has 0 spiro atoms. The van der Waals surface area contributed by atoms with Crippen molar-refractivity contribution < 1.29 is 4.74 Å². The maximum Gasteiger partial charge on any atom is 0.214 e. The van der Waals surface area contributed by atoms with E-state index in [0.717, 1.165) is 22.2 Å². The fourth-order valence-corrected chi connectivity index (χ4v) is 3.18. The molecule has 7 heteroatoms. The highest BCUT2D eigenvalue weighted by atomic mass is 35.5. The number of ether oxygens (including phenoxy) is 1. The van der Waals surface area contributed by atoms with Gasteiger partial charge < -0.3 is 4.74 Å². The van der Waals surface area contributed by atoms with E-state index in [1.165, 1.54) is 17.3 Å². The number of aromatic nitrogens is 4. The van der Waals surface area contributed by atoms with Crippen molar-refractivity contribution in [2.24, 2.45) is 0 Å². The van der Waals surface area contributed by atoms with Gasteiger partial charge in [-0.05, 0) is 47.7 Å². The normalized spacial score (nSPS) is 10.7. The Labute approximate surface area is 143 Å². The molecule has 0 radical (unpaired) electrons. The fraction of sp³-hybridized carbons (Fsp3) is 0.188. The summed E-state index contributed by atoms with van der Waals surface area (Å²) in [6.45, 7) is 2.05. The first-order valence-electron chi connectivity index (χ1n) is 6.98. The number of methoxy groups -OCH3 is 1. The second-order valence-corrected chi connectivity index (χ2v) is 6.33. The average molecular weight is 347 g/mol. The maximum atomic E-state index is 6.07. The predicted molar refractivity (Wildman–Crippen MR) is 91.5 cm³/mol. The summed E-state index contributed by atoms with van der Waals surface area (Å²) in [5.74, 6) is 1.46. The lowest BCUT2D eigenvalue weighted by Crippen LogP contribution is -1.99. The first-order valence-corrected chi connectivity index (χ1v) is 8.34. The zero-order valence-corrected chi connectivity index (χ0v) is 14.3. The van der Waals surface area contributed by atoms with Crippen LogP contribution < -0.4 is 4.74 Å². The number of benzene rings is 2. The van der Waals surface area contributed by atoms with Crippen molar-refractivity contribution in [1.82, 2.24) is 20.2 Å². The summed E-state index contributed by atoms with van der Waals surface area (Å²) in [4.78, 5) is 0. The third-order valence-electron chi connectivity index (χ3n) is 3.32. The van der Waals surface area contributed by atoms with Crippen LogP contribution in [0.5, 0.6) is 5.75 Å². The lowest BCUT2D eigenvalue weighted by atomic mass is 10.2. The van der Waals surface area contributed by atoms with Gasteiger partial charge in [0.15, 0.2) is 0 Å². The molecular weight excluding hydrogens is 332 g/mol. The van der Waals surface area contributed by atoms with E-state index in [9.17, 15) is 0 Å². The van der Waals surface area contributed by atoms with E-state index in [-0.39, 0.29) is 0 Å².